The van der Waals surface area contributed by atoms with Gasteiger partial charge in [-0.3, -0.25) is 14.2 Å². The summed E-state index contributed by atoms with van der Waals surface area (Å²) in [5.41, 5.74) is 5.67. The van der Waals surface area contributed by atoms with E-state index in [1.54, 1.807) is 18.3 Å². The lowest BCUT2D eigenvalue weighted by atomic mass is 10.1. The van der Waals surface area contributed by atoms with Crippen LogP contribution in [-0.2, 0) is 4.79 Å². The predicted octanol–water partition coefficient (Wildman–Crippen LogP) is 3.94. The van der Waals surface area contributed by atoms with Gasteiger partial charge in [0.2, 0.25) is 0 Å². The van der Waals surface area contributed by atoms with Crippen LogP contribution in [0.4, 0.5) is 0 Å². The molecule has 1 heterocycles. The summed E-state index contributed by atoms with van der Waals surface area (Å²) >= 11 is 1.19. The molecule has 4 aromatic rings. The van der Waals surface area contributed by atoms with Crippen LogP contribution in [0.1, 0.15) is 11.1 Å². The Hall–Kier alpha value is -3.71. The molecule has 1 aromatic heterocycles. The summed E-state index contributed by atoms with van der Waals surface area (Å²) in [5.74, 6) is -0.209. The number of aromatic nitrogens is 2. The van der Waals surface area contributed by atoms with Crippen molar-refractivity contribution in [3.05, 3.63) is 100 Å². The minimum Gasteiger partial charge on any atom is -0.272 e. The van der Waals surface area contributed by atoms with Gasteiger partial charge in [-0.25, -0.2) is 10.4 Å². The first-order valence-electron chi connectivity index (χ1n) is 9.71. The van der Waals surface area contributed by atoms with Gasteiger partial charge in [-0.1, -0.05) is 66.4 Å². The molecule has 1 amide bonds. The SMILES string of the molecule is Cc1ccccc1/C=N/NC(=O)CSc1nc2ccccc2c(=O)n1-c1ccccc1. The van der Waals surface area contributed by atoms with Gasteiger partial charge in [0.1, 0.15) is 0 Å². The molecular formula is C24H20N4O2S. The average molecular weight is 429 g/mol. The Morgan fingerprint density at radius 2 is 1.74 bits per heavy atom. The number of hydrogen-bond acceptors (Lipinski definition) is 5. The van der Waals surface area contributed by atoms with Gasteiger partial charge in [0.05, 0.1) is 28.6 Å². The molecule has 0 bridgehead atoms. The van der Waals surface area contributed by atoms with E-state index in [0.29, 0.717) is 21.7 Å². The lowest BCUT2D eigenvalue weighted by molar-refractivity contribution is -0.118. The highest BCUT2D eigenvalue weighted by Crippen LogP contribution is 2.21. The summed E-state index contributed by atoms with van der Waals surface area (Å²) in [6.07, 6.45) is 1.62. The molecule has 7 heteroatoms. The number of hydrazone groups is 1. The van der Waals surface area contributed by atoms with Crippen molar-refractivity contribution in [3.63, 3.8) is 0 Å². The van der Waals surface area contributed by atoms with Crippen LogP contribution in [0, 0.1) is 6.92 Å². The molecule has 1 N–H and O–H groups in total. The van der Waals surface area contributed by atoms with E-state index < -0.39 is 0 Å². The molecule has 0 aliphatic carbocycles. The number of carbonyl (C=O) groups excluding carboxylic acids is 1. The third-order valence-corrected chi connectivity index (χ3v) is 5.61. The van der Waals surface area contributed by atoms with Crippen LogP contribution in [0.15, 0.2) is 93.9 Å². The fourth-order valence-electron chi connectivity index (χ4n) is 3.08. The first-order valence-corrected chi connectivity index (χ1v) is 10.7. The quantitative estimate of drug-likeness (QED) is 0.218. The second kappa shape index (κ2) is 9.40. The Kier molecular flexibility index (Phi) is 6.24. The highest BCUT2D eigenvalue weighted by Gasteiger charge is 2.14. The number of aryl methyl sites for hydroxylation is 1. The van der Waals surface area contributed by atoms with Crippen molar-refractivity contribution in [3.8, 4) is 5.69 Å². The van der Waals surface area contributed by atoms with Crippen molar-refractivity contribution < 1.29 is 4.79 Å². The normalized spacial score (nSPS) is 11.1. The van der Waals surface area contributed by atoms with Crippen LogP contribution >= 0.6 is 11.8 Å². The molecule has 0 saturated carbocycles. The number of amides is 1. The molecule has 0 spiro atoms. The second-order valence-electron chi connectivity index (χ2n) is 6.83. The minimum absolute atomic E-state index is 0.0721. The molecule has 31 heavy (non-hydrogen) atoms. The van der Waals surface area contributed by atoms with Crippen LogP contribution < -0.4 is 11.0 Å². The van der Waals surface area contributed by atoms with E-state index in [4.69, 9.17) is 0 Å². The van der Waals surface area contributed by atoms with Crippen molar-refractivity contribution in [1.82, 2.24) is 15.0 Å². The van der Waals surface area contributed by atoms with Gasteiger partial charge < -0.3 is 0 Å². The smallest absolute Gasteiger partial charge is 0.266 e. The lowest BCUT2D eigenvalue weighted by Crippen LogP contribution is -2.24. The topological polar surface area (TPSA) is 76.3 Å². The fraction of sp³-hybridized carbons (Fsp3) is 0.0833. The van der Waals surface area contributed by atoms with E-state index in [0.717, 1.165) is 11.1 Å². The maximum absolute atomic E-state index is 13.1. The third kappa shape index (κ3) is 4.73. The molecule has 0 fully saturated rings. The Morgan fingerprint density at radius 1 is 1.03 bits per heavy atom. The average Bonchev–Trinajstić information content (AvgIpc) is 2.80. The number of nitrogens with one attached hydrogen (secondary N) is 1. The zero-order valence-electron chi connectivity index (χ0n) is 16.9. The molecule has 154 valence electrons. The van der Waals surface area contributed by atoms with Crippen LogP contribution in [-0.4, -0.2) is 27.4 Å². The van der Waals surface area contributed by atoms with Crippen molar-refractivity contribution in [2.24, 2.45) is 5.10 Å². The third-order valence-electron chi connectivity index (χ3n) is 4.67. The molecule has 0 atom stereocenters. The van der Waals surface area contributed by atoms with Gasteiger partial charge in [0, 0.05) is 0 Å². The standard InChI is InChI=1S/C24H20N4O2S/c1-17-9-5-6-10-18(17)15-25-27-22(29)16-31-24-26-21-14-8-7-13-20(21)23(30)28(24)19-11-3-2-4-12-19/h2-15H,16H2,1H3,(H,27,29)/b25-15+. The number of thioether (sulfide) groups is 1. The van der Waals surface area contributed by atoms with Crippen LogP contribution in [0.5, 0.6) is 0 Å². The highest BCUT2D eigenvalue weighted by atomic mass is 32.2. The van der Waals surface area contributed by atoms with E-state index in [1.165, 1.54) is 16.3 Å². The van der Waals surface area contributed by atoms with Crippen molar-refractivity contribution in [1.29, 1.82) is 0 Å². The molecule has 0 unspecified atom stereocenters. The summed E-state index contributed by atoms with van der Waals surface area (Å²) in [6, 6.07) is 24.3. The van der Waals surface area contributed by atoms with E-state index in [9.17, 15) is 9.59 Å². The summed E-state index contributed by atoms with van der Waals surface area (Å²) < 4.78 is 1.54. The van der Waals surface area contributed by atoms with Gasteiger partial charge in [-0.15, -0.1) is 0 Å². The van der Waals surface area contributed by atoms with Gasteiger partial charge in [-0.05, 0) is 42.3 Å². The van der Waals surface area contributed by atoms with E-state index >= 15 is 0 Å². The van der Waals surface area contributed by atoms with Crippen LogP contribution in [0.3, 0.4) is 0 Å². The number of hydrogen-bond donors (Lipinski definition) is 1. The fourth-order valence-corrected chi connectivity index (χ4v) is 3.89. The molecule has 3 aromatic carbocycles. The van der Waals surface area contributed by atoms with Gasteiger partial charge in [-0.2, -0.15) is 5.10 Å². The molecule has 0 radical (unpaired) electrons. The first-order chi connectivity index (χ1) is 15.1. The van der Waals surface area contributed by atoms with Gasteiger partial charge >= 0.3 is 0 Å². The number of fused-ring (bicyclic) bond motifs is 1. The van der Waals surface area contributed by atoms with Crippen LogP contribution in [0.2, 0.25) is 0 Å². The summed E-state index contributed by atoms with van der Waals surface area (Å²) in [4.78, 5) is 30.1. The number of rotatable bonds is 6. The number of benzene rings is 3. The van der Waals surface area contributed by atoms with E-state index in [2.05, 4.69) is 15.5 Å². The zero-order valence-corrected chi connectivity index (χ0v) is 17.7. The van der Waals surface area contributed by atoms with E-state index in [-0.39, 0.29) is 17.2 Å². The first kappa shape index (κ1) is 20.6. The van der Waals surface area contributed by atoms with Gasteiger partial charge in [0.15, 0.2) is 5.16 Å². The second-order valence-corrected chi connectivity index (χ2v) is 7.77. The molecule has 6 nitrogen and oxygen atoms in total. The van der Waals surface area contributed by atoms with Crippen molar-refractivity contribution in [2.75, 3.05) is 5.75 Å². The Morgan fingerprint density at radius 3 is 2.55 bits per heavy atom. The lowest BCUT2D eigenvalue weighted by Gasteiger charge is -2.12. The van der Waals surface area contributed by atoms with Crippen LogP contribution in [0.25, 0.3) is 16.6 Å². The molecule has 4 rings (SSSR count). The van der Waals surface area contributed by atoms with E-state index in [1.807, 2.05) is 73.7 Å². The number of para-hydroxylation sites is 2. The zero-order chi connectivity index (χ0) is 21.6. The molecule has 0 aliphatic rings. The molecule has 0 saturated heterocycles. The number of nitrogens with zero attached hydrogens (tertiary/aromatic N) is 3. The summed E-state index contributed by atoms with van der Waals surface area (Å²) in [6.45, 7) is 1.98. The Bertz CT molecular complexity index is 1320. The predicted molar refractivity (Wildman–Crippen MR) is 125 cm³/mol. The Balaban J connectivity index is 1.56. The summed E-state index contributed by atoms with van der Waals surface area (Å²) in [7, 11) is 0. The maximum atomic E-state index is 13.1. The highest BCUT2D eigenvalue weighted by molar-refractivity contribution is 7.99. The monoisotopic (exact) mass is 428 g/mol. The summed E-state index contributed by atoms with van der Waals surface area (Å²) in [5, 5.41) is 5.02. The molecule has 0 aliphatic heterocycles. The minimum atomic E-state index is -0.281. The maximum Gasteiger partial charge on any atom is 0.266 e. The molecular weight excluding hydrogens is 408 g/mol. The Labute approximate surface area is 183 Å². The largest absolute Gasteiger partial charge is 0.272 e. The number of carbonyl (C=O) groups is 1. The van der Waals surface area contributed by atoms with Gasteiger partial charge in [0.25, 0.3) is 11.5 Å². The van der Waals surface area contributed by atoms with Crippen molar-refractivity contribution >= 4 is 34.8 Å². The van der Waals surface area contributed by atoms with Crippen molar-refractivity contribution in [2.45, 2.75) is 12.1 Å².